The Balaban J connectivity index is 2.18. The van der Waals surface area contributed by atoms with E-state index in [2.05, 4.69) is 45.4 Å². The highest BCUT2D eigenvalue weighted by Crippen LogP contribution is 2.13. The molecule has 0 aliphatic carbocycles. The van der Waals surface area contributed by atoms with Crippen molar-refractivity contribution in [2.45, 2.75) is 33.1 Å². The fourth-order valence-electron chi connectivity index (χ4n) is 1.98. The van der Waals surface area contributed by atoms with Crippen LogP contribution in [0, 0.1) is 5.92 Å². The molecule has 1 atom stereocenters. The van der Waals surface area contributed by atoms with E-state index in [1.165, 1.54) is 4.88 Å². The van der Waals surface area contributed by atoms with Crippen LogP contribution < -0.4 is 16.0 Å². The molecular weight excluding hydrogens is 296 g/mol. The second-order valence-corrected chi connectivity index (χ2v) is 6.40. The van der Waals surface area contributed by atoms with E-state index in [1.54, 1.807) is 18.4 Å². The van der Waals surface area contributed by atoms with E-state index >= 15 is 0 Å². The van der Waals surface area contributed by atoms with Gasteiger partial charge in [0.1, 0.15) is 0 Å². The fourth-order valence-corrected chi connectivity index (χ4v) is 2.85. The van der Waals surface area contributed by atoms with E-state index in [0.717, 1.165) is 31.9 Å². The van der Waals surface area contributed by atoms with Gasteiger partial charge in [0.2, 0.25) is 5.91 Å². The number of rotatable bonds is 9. The number of nitrogens with one attached hydrogen (secondary N) is 3. The summed E-state index contributed by atoms with van der Waals surface area (Å²) in [5, 5.41) is 11.5. The van der Waals surface area contributed by atoms with Gasteiger partial charge in [-0.25, -0.2) is 0 Å². The number of carbonyl (C=O) groups excluding carboxylic acids is 1. The summed E-state index contributed by atoms with van der Waals surface area (Å²) in [6.45, 7) is 6.46. The first-order chi connectivity index (χ1) is 10.7. The fraction of sp³-hybridized carbons (Fsp3) is 0.625. The molecule has 1 amide bonds. The summed E-state index contributed by atoms with van der Waals surface area (Å²) >= 11 is 1.80. The number of guanidine groups is 1. The molecule has 22 heavy (non-hydrogen) atoms. The van der Waals surface area contributed by atoms with Crippen LogP contribution >= 0.6 is 11.3 Å². The van der Waals surface area contributed by atoms with Gasteiger partial charge < -0.3 is 16.0 Å². The summed E-state index contributed by atoms with van der Waals surface area (Å²) in [6, 6.07) is 4.26. The zero-order valence-electron chi connectivity index (χ0n) is 13.8. The van der Waals surface area contributed by atoms with Crippen LogP contribution in [0.1, 0.15) is 31.6 Å². The van der Waals surface area contributed by atoms with Crippen molar-refractivity contribution in [1.29, 1.82) is 0 Å². The highest BCUT2D eigenvalue weighted by Gasteiger charge is 2.06. The first kappa shape index (κ1) is 18.5. The largest absolute Gasteiger partial charge is 0.356 e. The zero-order valence-corrected chi connectivity index (χ0v) is 14.6. The summed E-state index contributed by atoms with van der Waals surface area (Å²) < 4.78 is 0. The number of amides is 1. The third-order valence-electron chi connectivity index (χ3n) is 3.19. The lowest BCUT2D eigenvalue weighted by Gasteiger charge is -2.15. The summed E-state index contributed by atoms with van der Waals surface area (Å²) in [5.74, 6) is 1.36. The summed E-state index contributed by atoms with van der Waals surface area (Å²) in [4.78, 5) is 17.1. The molecule has 0 radical (unpaired) electrons. The molecule has 0 aromatic carbocycles. The quantitative estimate of drug-likeness (QED) is 0.481. The summed E-state index contributed by atoms with van der Waals surface area (Å²) in [7, 11) is 1.75. The molecule has 1 unspecified atom stereocenters. The Hall–Kier alpha value is -1.56. The molecule has 0 fully saturated rings. The molecule has 0 saturated carbocycles. The van der Waals surface area contributed by atoms with Gasteiger partial charge in [-0.3, -0.25) is 9.79 Å². The summed E-state index contributed by atoms with van der Waals surface area (Å²) in [5.41, 5.74) is 0. The lowest BCUT2D eigenvalue weighted by molar-refractivity contribution is -0.120. The van der Waals surface area contributed by atoms with E-state index in [0.29, 0.717) is 18.9 Å². The van der Waals surface area contributed by atoms with Crippen LogP contribution in [-0.2, 0) is 11.2 Å². The maximum absolute atomic E-state index is 11.5. The van der Waals surface area contributed by atoms with Crippen molar-refractivity contribution in [3.05, 3.63) is 22.4 Å². The van der Waals surface area contributed by atoms with Crippen LogP contribution in [0.4, 0.5) is 0 Å². The van der Waals surface area contributed by atoms with Gasteiger partial charge >= 0.3 is 0 Å². The molecule has 0 aliphatic heterocycles. The van der Waals surface area contributed by atoms with Gasteiger partial charge in [0.15, 0.2) is 5.96 Å². The van der Waals surface area contributed by atoms with Crippen LogP contribution in [0.5, 0.6) is 0 Å². The first-order valence-electron chi connectivity index (χ1n) is 7.89. The summed E-state index contributed by atoms with van der Waals surface area (Å²) in [6.07, 6.45) is 2.50. The van der Waals surface area contributed by atoms with Gasteiger partial charge in [-0.2, -0.15) is 0 Å². The van der Waals surface area contributed by atoms with E-state index < -0.39 is 0 Å². The third kappa shape index (κ3) is 8.02. The van der Waals surface area contributed by atoms with E-state index in [9.17, 15) is 4.79 Å². The standard InChI is InChI=1S/C16H28N4OS/c1-4-8-18-15(21)7-9-19-16(17-3)20-12-13(2)11-14-6-5-10-22-14/h5-6,10,13H,4,7-9,11-12H2,1-3H3,(H,18,21)(H2,17,19,20). The van der Waals surface area contributed by atoms with E-state index in [1.807, 2.05) is 6.92 Å². The Morgan fingerprint density at radius 1 is 1.32 bits per heavy atom. The number of thiophene rings is 1. The minimum atomic E-state index is 0.0795. The van der Waals surface area contributed by atoms with Crippen molar-refractivity contribution >= 4 is 23.2 Å². The molecular formula is C16H28N4OS. The van der Waals surface area contributed by atoms with Gasteiger partial charge in [0.05, 0.1) is 0 Å². The Bertz CT molecular complexity index is 445. The number of nitrogens with zero attached hydrogens (tertiary/aromatic N) is 1. The van der Waals surface area contributed by atoms with Crippen molar-refractivity contribution in [3.8, 4) is 0 Å². The molecule has 0 saturated heterocycles. The number of hydrogen-bond acceptors (Lipinski definition) is 3. The van der Waals surface area contributed by atoms with Crippen LogP contribution in [0.15, 0.2) is 22.5 Å². The van der Waals surface area contributed by atoms with Crippen molar-refractivity contribution in [2.75, 3.05) is 26.7 Å². The number of aliphatic imine (C=N–C) groups is 1. The van der Waals surface area contributed by atoms with Crippen LogP contribution in [0.3, 0.4) is 0 Å². The number of carbonyl (C=O) groups is 1. The van der Waals surface area contributed by atoms with Gasteiger partial charge in [0.25, 0.3) is 0 Å². The molecule has 1 aromatic heterocycles. The predicted molar refractivity (Wildman–Crippen MR) is 94.5 cm³/mol. The zero-order chi connectivity index (χ0) is 16.2. The van der Waals surface area contributed by atoms with Gasteiger partial charge in [-0.1, -0.05) is 19.9 Å². The Morgan fingerprint density at radius 3 is 2.77 bits per heavy atom. The molecule has 3 N–H and O–H groups in total. The van der Waals surface area contributed by atoms with Crippen molar-refractivity contribution in [1.82, 2.24) is 16.0 Å². The Labute approximate surface area is 137 Å². The Morgan fingerprint density at radius 2 is 2.14 bits per heavy atom. The monoisotopic (exact) mass is 324 g/mol. The smallest absolute Gasteiger partial charge is 0.221 e. The van der Waals surface area contributed by atoms with Crippen LogP contribution in [-0.4, -0.2) is 38.5 Å². The highest BCUT2D eigenvalue weighted by atomic mass is 32.1. The predicted octanol–water partition coefficient (Wildman–Crippen LogP) is 2.01. The molecule has 124 valence electrons. The SMILES string of the molecule is CCCNC(=O)CCNC(=NC)NCC(C)Cc1cccs1. The molecule has 1 heterocycles. The van der Waals surface area contributed by atoms with E-state index in [-0.39, 0.29) is 5.91 Å². The van der Waals surface area contributed by atoms with Crippen molar-refractivity contribution < 1.29 is 4.79 Å². The Kier molecular flexibility index (Phi) is 9.30. The maximum atomic E-state index is 11.5. The average Bonchev–Trinajstić information content (AvgIpc) is 3.01. The minimum Gasteiger partial charge on any atom is -0.356 e. The average molecular weight is 324 g/mol. The minimum absolute atomic E-state index is 0.0795. The topological polar surface area (TPSA) is 65.5 Å². The van der Waals surface area contributed by atoms with Crippen molar-refractivity contribution in [3.63, 3.8) is 0 Å². The molecule has 1 aromatic rings. The van der Waals surface area contributed by atoms with Crippen LogP contribution in [0.25, 0.3) is 0 Å². The molecule has 0 bridgehead atoms. The van der Waals surface area contributed by atoms with Gasteiger partial charge in [-0.15, -0.1) is 11.3 Å². The molecule has 0 aliphatic rings. The lowest BCUT2D eigenvalue weighted by atomic mass is 10.1. The highest BCUT2D eigenvalue weighted by molar-refractivity contribution is 7.09. The van der Waals surface area contributed by atoms with E-state index in [4.69, 9.17) is 0 Å². The maximum Gasteiger partial charge on any atom is 0.221 e. The first-order valence-corrected chi connectivity index (χ1v) is 8.77. The van der Waals surface area contributed by atoms with Crippen molar-refractivity contribution in [2.24, 2.45) is 10.9 Å². The number of hydrogen-bond donors (Lipinski definition) is 3. The molecule has 0 spiro atoms. The van der Waals surface area contributed by atoms with Gasteiger partial charge in [-0.05, 0) is 30.2 Å². The molecule has 5 nitrogen and oxygen atoms in total. The van der Waals surface area contributed by atoms with Gasteiger partial charge in [0, 0.05) is 38.0 Å². The normalized spacial score (nSPS) is 12.8. The molecule has 6 heteroatoms. The molecule has 1 rings (SSSR count). The second kappa shape index (κ2) is 11.1. The lowest BCUT2D eigenvalue weighted by Crippen LogP contribution is -2.41. The third-order valence-corrected chi connectivity index (χ3v) is 4.09. The second-order valence-electron chi connectivity index (χ2n) is 5.37. The van der Waals surface area contributed by atoms with Crippen LogP contribution in [0.2, 0.25) is 0 Å².